The molecule has 0 amide bonds. The molecule has 0 unspecified atom stereocenters. The molecule has 0 aromatic heterocycles. The summed E-state index contributed by atoms with van der Waals surface area (Å²) >= 11 is 5.50. The van der Waals surface area contributed by atoms with E-state index >= 15 is 0 Å². The van der Waals surface area contributed by atoms with E-state index in [1.807, 2.05) is 0 Å². The van der Waals surface area contributed by atoms with Crippen LogP contribution in [0.4, 0.5) is 0 Å². The maximum Gasteiger partial charge on any atom is 0.344 e. The molecule has 0 aromatic rings. The van der Waals surface area contributed by atoms with Gasteiger partial charge in [0.2, 0.25) is 0 Å². The van der Waals surface area contributed by atoms with Gasteiger partial charge < -0.3 is 14.4 Å². The average molecular weight is 244 g/mol. The summed E-state index contributed by atoms with van der Waals surface area (Å²) in [5.41, 5.74) is 0. The molecule has 0 saturated carbocycles. The van der Waals surface area contributed by atoms with Gasteiger partial charge in [-0.15, -0.1) is 11.6 Å². The van der Waals surface area contributed by atoms with Crippen LogP contribution in [0.3, 0.4) is 0 Å². The van der Waals surface area contributed by atoms with Gasteiger partial charge in [0.05, 0.1) is 19.5 Å². The van der Waals surface area contributed by atoms with Gasteiger partial charge in [0.25, 0.3) is 0 Å². The van der Waals surface area contributed by atoms with Crippen LogP contribution in [0.5, 0.6) is 0 Å². The highest BCUT2D eigenvalue weighted by atomic mass is 35.5. The Kier molecular flexibility index (Phi) is 8.94. The van der Waals surface area contributed by atoms with Gasteiger partial charge in [-0.2, -0.15) is 0 Å². The minimum atomic E-state index is -2.91. The maximum atomic E-state index is 11.8. The minimum absolute atomic E-state index is 0.256. The number of hydrogen-bond donors (Lipinski definition) is 1. The quantitative estimate of drug-likeness (QED) is 0.384. The number of halogens is 1. The van der Waals surface area contributed by atoms with Gasteiger partial charge in [-0.1, -0.05) is 0 Å². The fraction of sp³-hybridized carbons (Fsp3) is 1.00. The van der Waals surface area contributed by atoms with Crippen LogP contribution in [0.15, 0.2) is 0 Å². The van der Waals surface area contributed by atoms with Crippen LogP contribution in [0.2, 0.25) is 0 Å². The third-order valence-corrected chi connectivity index (χ3v) is 3.63. The summed E-state index contributed by atoms with van der Waals surface area (Å²) in [5.74, 6) is 0.598. The summed E-state index contributed by atoms with van der Waals surface area (Å²) in [6, 6.07) is 0. The number of hydrogen-bond acceptors (Lipinski definition) is 4. The smallest absolute Gasteiger partial charge is 0.308 e. The average Bonchev–Trinajstić information content (AvgIpc) is 2.13. The normalized spacial score (nSPS) is 11.9. The number of rotatable bonds is 9. The van der Waals surface area contributed by atoms with Crippen molar-refractivity contribution in [3.05, 3.63) is 0 Å². The molecule has 0 radical (unpaired) electrons. The van der Waals surface area contributed by atoms with E-state index in [2.05, 4.69) is 5.32 Å². The van der Waals surface area contributed by atoms with Gasteiger partial charge >= 0.3 is 7.60 Å². The van der Waals surface area contributed by atoms with E-state index < -0.39 is 7.60 Å². The molecule has 6 heteroatoms. The molecule has 0 bridgehead atoms. The van der Waals surface area contributed by atoms with Crippen molar-refractivity contribution in [1.29, 1.82) is 0 Å². The van der Waals surface area contributed by atoms with Gasteiger partial charge in [-0.3, -0.25) is 4.57 Å². The highest BCUT2D eigenvalue weighted by molar-refractivity contribution is 7.53. The summed E-state index contributed by atoms with van der Waals surface area (Å²) in [4.78, 5) is 0. The van der Waals surface area contributed by atoms with Crippen LogP contribution >= 0.6 is 19.2 Å². The lowest BCUT2D eigenvalue weighted by Crippen LogP contribution is -2.19. The van der Waals surface area contributed by atoms with E-state index in [-0.39, 0.29) is 6.29 Å². The lowest BCUT2D eigenvalue weighted by atomic mass is 10.5. The zero-order valence-electron chi connectivity index (χ0n) is 8.79. The largest absolute Gasteiger partial charge is 0.344 e. The van der Waals surface area contributed by atoms with Crippen LogP contribution in [0, 0.1) is 0 Å². The summed E-state index contributed by atoms with van der Waals surface area (Å²) in [7, 11) is -2.91. The maximum absolute atomic E-state index is 11.8. The highest BCUT2D eigenvalue weighted by Gasteiger charge is 2.22. The molecule has 0 aliphatic heterocycles. The van der Waals surface area contributed by atoms with Crippen LogP contribution < -0.4 is 5.32 Å². The molecule has 0 spiro atoms. The minimum Gasteiger partial charge on any atom is -0.308 e. The van der Waals surface area contributed by atoms with Crippen molar-refractivity contribution in [3.8, 4) is 0 Å². The van der Waals surface area contributed by atoms with Crippen molar-refractivity contribution in [2.75, 3.05) is 31.9 Å². The van der Waals surface area contributed by atoms with Crippen molar-refractivity contribution in [3.63, 3.8) is 0 Å². The second-order valence-corrected chi connectivity index (χ2v) is 5.08. The zero-order chi connectivity index (χ0) is 10.9. The molecule has 1 N–H and O–H groups in total. The van der Waals surface area contributed by atoms with E-state index in [0.717, 1.165) is 13.0 Å². The molecule has 0 aromatic carbocycles. The van der Waals surface area contributed by atoms with E-state index in [4.69, 9.17) is 20.6 Å². The van der Waals surface area contributed by atoms with Gasteiger partial charge in [0, 0.05) is 5.88 Å². The first kappa shape index (κ1) is 14.4. The fourth-order valence-corrected chi connectivity index (χ4v) is 2.54. The lowest BCUT2D eigenvalue weighted by molar-refractivity contribution is 0.218. The molecule has 14 heavy (non-hydrogen) atoms. The first-order chi connectivity index (χ1) is 6.68. The van der Waals surface area contributed by atoms with Crippen molar-refractivity contribution < 1.29 is 13.6 Å². The first-order valence-electron chi connectivity index (χ1n) is 4.83. The topological polar surface area (TPSA) is 47.6 Å². The molecule has 0 aliphatic carbocycles. The van der Waals surface area contributed by atoms with Crippen LogP contribution in [0.25, 0.3) is 0 Å². The Morgan fingerprint density at radius 3 is 2.29 bits per heavy atom. The van der Waals surface area contributed by atoms with Crippen LogP contribution in [0.1, 0.15) is 20.3 Å². The van der Waals surface area contributed by atoms with Gasteiger partial charge in [0.1, 0.15) is 0 Å². The Bertz CT molecular complexity index is 170. The van der Waals surface area contributed by atoms with Crippen molar-refractivity contribution in [1.82, 2.24) is 5.32 Å². The van der Waals surface area contributed by atoms with Gasteiger partial charge in [0.15, 0.2) is 0 Å². The van der Waals surface area contributed by atoms with E-state index in [1.165, 1.54) is 0 Å². The van der Waals surface area contributed by atoms with E-state index in [0.29, 0.717) is 19.1 Å². The third kappa shape index (κ3) is 6.80. The Hall–Kier alpha value is 0.400. The molecule has 0 atom stereocenters. The standard InChI is InChI=1S/C8H19ClNO3P/c1-3-12-14(11,13-4-2)8-10-7-5-6-9/h10H,3-8H2,1-2H3. The summed E-state index contributed by atoms with van der Waals surface area (Å²) < 4.78 is 22.0. The number of alkyl halides is 1. The second kappa shape index (κ2) is 8.69. The highest BCUT2D eigenvalue weighted by Crippen LogP contribution is 2.46. The van der Waals surface area contributed by atoms with Gasteiger partial charge in [-0.05, 0) is 26.8 Å². The molecule has 0 heterocycles. The summed E-state index contributed by atoms with van der Waals surface area (Å²) in [6.07, 6.45) is 1.10. The molecule has 0 saturated heterocycles. The number of nitrogens with one attached hydrogen (secondary N) is 1. The summed E-state index contributed by atoms with van der Waals surface area (Å²) in [6.45, 7) is 5.12. The molecular formula is C8H19ClNO3P. The summed E-state index contributed by atoms with van der Waals surface area (Å²) in [5, 5.41) is 3.00. The Labute approximate surface area is 90.8 Å². The molecular weight excluding hydrogens is 225 g/mol. The lowest BCUT2D eigenvalue weighted by Gasteiger charge is -2.17. The van der Waals surface area contributed by atoms with E-state index in [9.17, 15) is 4.57 Å². The van der Waals surface area contributed by atoms with Crippen molar-refractivity contribution in [2.24, 2.45) is 0 Å². The third-order valence-electron chi connectivity index (χ3n) is 1.44. The van der Waals surface area contributed by atoms with Crippen molar-refractivity contribution >= 4 is 19.2 Å². The zero-order valence-corrected chi connectivity index (χ0v) is 10.4. The van der Waals surface area contributed by atoms with Crippen molar-refractivity contribution in [2.45, 2.75) is 20.3 Å². The Morgan fingerprint density at radius 2 is 1.86 bits per heavy atom. The second-order valence-electron chi connectivity index (χ2n) is 2.65. The predicted molar refractivity (Wildman–Crippen MR) is 59.1 cm³/mol. The van der Waals surface area contributed by atoms with Crippen LogP contribution in [-0.4, -0.2) is 31.9 Å². The Morgan fingerprint density at radius 1 is 1.29 bits per heavy atom. The molecule has 0 fully saturated rings. The van der Waals surface area contributed by atoms with Crippen LogP contribution in [-0.2, 0) is 13.6 Å². The molecule has 4 nitrogen and oxygen atoms in total. The van der Waals surface area contributed by atoms with E-state index in [1.54, 1.807) is 13.8 Å². The van der Waals surface area contributed by atoms with Gasteiger partial charge in [-0.25, -0.2) is 0 Å². The molecule has 86 valence electrons. The predicted octanol–water partition coefficient (Wildman–Crippen LogP) is 2.43. The monoisotopic (exact) mass is 243 g/mol. The fourth-order valence-electron chi connectivity index (χ4n) is 0.930. The SMILES string of the molecule is CCOP(=O)(CNCCCCl)OCC. The molecule has 0 aliphatic rings. The molecule has 0 rings (SSSR count). The Balaban J connectivity index is 3.78. The first-order valence-corrected chi connectivity index (χ1v) is 7.09.